The Kier molecular flexibility index (Phi) is 2.86. The summed E-state index contributed by atoms with van der Waals surface area (Å²) in [5, 5.41) is 0. The first-order valence-corrected chi connectivity index (χ1v) is 6.15. The third-order valence-electron chi connectivity index (χ3n) is 3.48. The van der Waals surface area contributed by atoms with Crippen molar-refractivity contribution in [3.63, 3.8) is 0 Å². The van der Waals surface area contributed by atoms with Crippen molar-refractivity contribution in [1.82, 2.24) is 4.90 Å². The van der Waals surface area contributed by atoms with Crippen LogP contribution in [-0.4, -0.2) is 34.7 Å². The molecular weight excluding hydrogens is 204 g/mol. The van der Waals surface area contributed by atoms with E-state index in [0.717, 1.165) is 25.7 Å². The highest BCUT2D eigenvalue weighted by Gasteiger charge is 2.44. The number of carbonyl (C=O) groups is 1. The first-order valence-electron chi connectivity index (χ1n) is 6.15. The summed E-state index contributed by atoms with van der Waals surface area (Å²) in [5.41, 5.74) is 5.64. The molecule has 3 atom stereocenters. The number of fused-ring (bicyclic) bond motifs is 2. The van der Waals surface area contributed by atoms with Crippen molar-refractivity contribution in [1.29, 1.82) is 0 Å². The summed E-state index contributed by atoms with van der Waals surface area (Å²) in [6.07, 6.45) is 3.99. The van der Waals surface area contributed by atoms with Crippen LogP contribution in [0.25, 0.3) is 0 Å². The number of hydrogen-bond acceptors (Lipinski definition) is 3. The van der Waals surface area contributed by atoms with Crippen molar-refractivity contribution < 1.29 is 9.53 Å². The monoisotopic (exact) mass is 226 g/mol. The molecule has 1 amide bonds. The molecule has 0 aromatic rings. The summed E-state index contributed by atoms with van der Waals surface area (Å²) in [7, 11) is 0. The number of rotatable bonds is 0. The Morgan fingerprint density at radius 3 is 2.50 bits per heavy atom. The molecule has 4 nitrogen and oxygen atoms in total. The van der Waals surface area contributed by atoms with Crippen LogP contribution >= 0.6 is 0 Å². The molecule has 2 aliphatic rings. The molecule has 0 aliphatic carbocycles. The van der Waals surface area contributed by atoms with E-state index in [-0.39, 0.29) is 18.2 Å². The molecule has 2 aliphatic heterocycles. The van der Waals surface area contributed by atoms with Gasteiger partial charge in [0.25, 0.3) is 0 Å². The number of nitrogens with two attached hydrogens (primary N) is 1. The topological polar surface area (TPSA) is 55.6 Å². The zero-order chi connectivity index (χ0) is 11.9. The Labute approximate surface area is 97.1 Å². The minimum absolute atomic E-state index is 0.131. The maximum Gasteiger partial charge on any atom is 0.410 e. The van der Waals surface area contributed by atoms with Crippen LogP contribution in [0.15, 0.2) is 0 Å². The lowest BCUT2D eigenvalue weighted by Gasteiger charge is -2.39. The zero-order valence-electron chi connectivity index (χ0n) is 10.4. The van der Waals surface area contributed by atoms with Gasteiger partial charge >= 0.3 is 6.09 Å². The molecule has 2 N–H and O–H groups in total. The second kappa shape index (κ2) is 3.91. The highest BCUT2D eigenvalue weighted by molar-refractivity contribution is 5.69. The zero-order valence-corrected chi connectivity index (χ0v) is 10.4. The molecule has 2 bridgehead atoms. The van der Waals surface area contributed by atoms with Crippen LogP contribution in [-0.2, 0) is 4.74 Å². The predicted octanol–water partition coefficient (Wildman–Crippen LogP) is 1.88. The first-order chi connectivity index (χ1) is 7.38. The van der Waals surface area contributed by atoms with E-state index in [1.54, 1.807) is 0 Å². The number of piperidine rings is 1. The second-order valence-electron chi connectivity index (χ2n) is 5.93. The third kappa shape index (κ3) is 2.17. The van der Waals surface area contributed by atoms with Crippen LogP contribution in [0.5, 0.6) is 0 Å². The molecule has 0 spiro atoms. The Balaban J connectivity index is 2.07. The molecule has 2 saturated heterocycles. The number of ether oxygens (including phenoxy) is 1. The van der Waals surface area contributed by atoms with Crippen molar-refractivity contribution in [3.8, 4) is 0 Å². The molecule has 2 fully saturated rings. The van der Waals surface area contributed by atoms with Crippen LogP contribution in [0.1, 0.15) is 46.5 Å². The van der Waals surface area contributed by atoms with Crippen molar-refractivity contribution in [2.45, 2.75) is 70.2 Å². The van der Waals surface area contributed by atoms with Gasteiger partial charge in [-0.15, -0.1) is 0 Å². The van der Waals surface area contributed by atoms with Gasteiger partial charge in [0.2, 0.25) is 0 Å². The van der Waals surface area contributed by atoms with E-state index in [4.69, 9.17) is 10.5 Å². The average molecular weight is 226 g/mol. The Hall–Kier alpha value is -0.770. The van der Waals surface area contributed by atoms with E-state index < -0.39 is 5.60 Å². The standard InChI is InChI=1S/C12H22N2O2/c1-12(2,3)16-11(15)14-8-4-6-9(13)10(14)7-5-8/h8-10H,4-7,13H2,1-3H3/t8-,9+,10-/m0/s1. The van der Waals surface area contributed by atoms with Gasteiger partial charge in [0.1, 0.15) is 5.60 Å². The summed E-state index contributed by atoms with van der Waals surface area (Å²) < 4.78 is 5.44. The van der Waals surface area contributed by atoms with Gasteiger partial charge in [-0.3, -0.25) is 0 Å². The molecule has 16 heavy (non-hydrogen) atoms. The average Bonchev–Trinajstić information content (AvgIpc) is 2.46. The lowest BCUT2D eigenvalue weighted by molar-refractivity contribution is 0.00505. The fraction of sp³-hybridized carbons (Fsp3) is 0.917. The van der Waals surface area contributed by atoms with Crippen LogP contribution in [0.3, 0.4) is 0 Å². The second-order valence-corrected chi connectivity index (χ2v) is 5.93. The smallest absolute Gasteiger partial charge is 0.410 e. The molecule has 0 saturated carbocycles. The highest BCUT2D eigenvalue weighted by Crippen LogP contribution is 2.35. The minimum atomic E-state index is -0.419. The molecule has 0 aromatic heterocycles. The lowest BCUT2D eigenvalue weighted by Crippen LogP contribution is -2.54. The number of amides is 1. The molecule has 2 heterocycles. The number of carbonyl (C=O) groups excluding carboxylic acids is 1. The Morgan fingerprint density at radius 1 is 1.25 bits per heavy atom. The van der Waals surface area contributed by atoms with E-state index >= 15 is 0 Å². The maximum absolute atomic E-state index is 12.1. The van der Waals surface area contributed by atoms with Gasteiger partial charge < -0.3 is 15.4 Å². The van der Waals surface area contributed by atoms with Gasteiger partial charge in [-0.2, -0.15) is 0 Å². The highest BCUT2D eigenvalue weighted by atomic mass is 16.6. The summed E-state index contributed by atoms with van der Waals surface area (Å²) >= 11 is 0. The van der Waals surface area contributed by atoms with Crippen LogP contribution in [0, 0.1) is 0 Å². The predicted molar refractivity (Wildman–Crippen MR) is 62.1 cm³/mol. The maximum atomic E-state index is 12.1. The summed E-state index contributed by atoms with van der Waals surface area (Å²) in [6.45, 7) is 5.70. The summed E-state index contributed by atoms with van der Waals surface area (Å²) in [5.74, 6) is 0. The summed E-state index contributed by atoms with van der Waals surface area (Å²) in [6, 6.07) is 0.694. The van der Waals surface area contributed by atoms with Gasteiger partial charge in [-0.25, -0.2) is 4.79 Å². The molecule has 92 valence electrons. The van der Waals surface area contributed by atoms with Gasteiger partial charge in [-0.1, -0.05) is 0 Å². The SMILES string of the molecule is CC(C)(C)OC(=O)N1[C@H]2CC[C@@H](N)[C@@H]1CC2. The van der Waals surface area contributed by atoms with Crippen molar-refractivity contribution >= 4 is 6.09 Å². The van der Waals surface area contributed by atoms with E-state index in [1.165, 1.54) is 0 Å². The van der Waals surface area contributed by atoms with Crippen molar-refractivity contribution in [3.05, 3.63) is 0 Å². The minimum Gasteiger partial charge on any atom is -0.444 e. The molecule has 0 aromatic carbocycles. The fourth-order valence-corrected chi connectivity index (χ4v) is 2.79. The van der Waals surface area contributed by atoms with Crippen LogP contribution in [0.4, 0.5) is 4.79 Å². The van der Waals surface area contributed by atoms with Gasteiger partial charge in [0, 0.05) is 12.1 Å². The van der Waals surface area contributed by atoms with Crippen LogP contribution in [0.2, 0.25) is 0 Å². The third-order valence-corrected chi connectivity index (χ3v) is 3.48. The van der Waals surface area contributed by atoms with Gasteiger partial charge in [-0.05, 0) is 46.5 Å². The van der Waals surface area contributed by atoms with Gasteiger partial charge in [0.15, 0.2) is 0 Å². The van der Waals surface area contributed by atoms with Gasteiger partial charge in [0.05, 0.1) is 6.04 Å². The van der Waals surface area contributed by atoms with E-state index in [9.17, 15) is 4.79 Å². The Bertz CT molecular complexity index is 285. The largest absolute Gasteiger partial charge is 0.444 e. The molecule has 4 heteroatoms. The lowest BCUT2D eigenvalue weighted by atomic mass is 9.99. The molecule has 0 unspecified atom stereocenters. The number of nitrogens with zero attached hydrogens (tertiary/aromatic N) is 1. The van der Waals surface area contributed by atoms with E-state index in [0.29, 0.717) is 6.04 Å². The number of hydrogen-bond donors (Lipinski definition) is 1. The van der Waals surface area contributed by atoms with Crippen molar-refractivity contribution in [2.24, 2.45) is 5.73 Å². The van der Waals surface area contributed by atoms with Crippen LogP contribution < -0.4 is 5.73 Å². The molecule has 0 radical (unpaired) electrons. The fourth-order valence-electron chi connectivity index (χ4n) is 2.79. The quantitative estimate of drug-likeness (QED) is 0.686. The van der Waals surface area contributed by atoms with E-state index in [2.05, 4.69) is 0 Å². The normalized spacial score (nSPS) is 34.0. The molecular formula is C12H22N2O2. The molecule has 2 rings (SSSR count). The van der Waals surface area contributed by atoms with Crippen molar-refractivity contribution in [2.75, 3.05) is 0 Å². The first kappa shape index (κ1) is 11.7. The van der Waals surface area contributed by atoms with E-state index in [1.807, 2.05) is 25.7 Å². The Morgan fingerprint density at radius 2 is 1.88 bits per heavy atom. The summed E-state index contributed by atoms with van der Waals surface area (Å²) in [4.78, 5) is 14.0.